The quantitative estimate of drug-likeness (QED) is 0.713. The maximum Gasteiger partial charge on any atom is 0.226 e. The van der Waals surface area contributed by atoms with Crippen LogP contribution in [0.15, 0.2) is 60.8 Å². The van der Waals surface area contributed by atoms with Gasteiger partial charge in [0.25, 0.3) is 0 Å². The van der Waals surface area contributed by atoms with Crippen molar-refractivity contribution in [3.8, 4) is 11.4 Å². The average Bonchev–Trinajstić information content (AvgIpc) is 3.25. The highest BCUT2D eigenvalue weighted by molar-refractivity contribution is 5.79. The van der Waals surface area contributed by atoms with Gasteiger partial charge in [0.15, 0.2) is 0 Å². The summed E-state index contributed by atoms with van der Waals surface area (Å²) in [5.41, 5.74) is 3.58. The minimum absolute atomic E-state index is 0.121. The number of benzene rings is 2. The number of rotatable bonds is 3. The maximum atomic E-state index is 13.9. The van der Waals surface area contributed by atoms with Crippen molar-refractivity contribution >= 4 is 11.6 Å². The number of fused-ring (bicyclic) bond motifs is 4. The lowest BCUT2D eigenvalue weighted by Crippen LogP contribution is -2.51. The molecule has 1 aromatic heterocycles. The van der Waals surface area contributed by atoms with Crippen molar-refractivity contribution in [1.29, 1.82) is 0 Å². The predicted molar refractivity (Wildman–Crippen MR) is 114 cm³/mol. The number of carbonyl (C=O) groups is 1. The molecule has 2 aromatic carbocycles. The van der Waals surface area contributed by atoms with Gasteiger partial charge >= 0.3 is 0 Å². The Morgan fingerprint density at radius 1 is 1.13 bits per heavy atom. The van der Waals surface area contributed by atoms with E-state index >= 15 is 0 Å². The first-order chi connectivity index (χ1) is 14.6. The van der Waals surface area contributed by atoms with Crippen LogP contribution in [-0.4, -0.2) is 35.6 Å². The first-order valence-electron chi connectivity index (χ1n) is 10.2. The summed E-state index contributed by atoms with van der Waals surface area (Å²) in [4.78, 5) is 14.8. The Kier molecular flexibility index (Phi) is 4.50. The number of anilines is 1. The summed E-state index contributed by atoms with van der Waals surface area (Å²) in [6.07, 6.45) is 3.94. The smallest absolute Gasteiger partial charge is 0.226 e. The fourth-order valence-corrected chi connectivity index (χ4v) is 4.71. The van der Waals surface area contributed by atoms with Crippen LogP contribution in [0.4, 0.5) is 10.1 Å². The summed E-state index contributed by atoms with van der Waals surface area (Å²) in [7, 11) is 1.63. The van der Waals surface area contributed by atoms with E-state index in [1.807, 2.05) is 41.4 Å². The van der Waals surface area contributed by atoms with Crippen molar-refractivity contribution in [3.63, 3.8) is 0 Å². The van der Waals surface area contributed by atoms with E-state index in [-0.39, 0.29) is 17.3 Å². The molecule has 1 spiro atoms. The summed E-state index contributed by atoms with van der Waals surface area (Å²) in [5.74, 6) is 0.629. The number of methoxy groups -OCH3 is 1. The van der Waals surface area contributed by atoms with Gasteiger partial charge in [-0.1, -0.05) is 12.1 Å². The second kappa shape index (κ2) is 7.20. The number of piperidine rings is 1. The van der Waals surface area contributed by atoms with Gasteiger partial charge in [0.2, 0.25) is 5.91 Å². The van der Waals surface area contributed by atoms with Gasteiger partial charge < -0.3 is 19.5 Å². The molecule has 1 fully saturated rings. The van der Waals surface area contributed by atoms with E-state index < -0.39 is 0 Å². The molecule has 0 saturated carbocycles. The topological polar surface area (TPSA) is 46.5 Å². The first kappa shape index (κ1) is 18.7. The van der Waals surface area contributed by atoms with Crippen LogP contribution in [0, 0.1) is 5.82 Å². The van der Waals surface area contributed by atoms with Crippen LogP contribution in [-0.2, 0) is 16.8 Å². The first-order valence-corrected chi connectivity index (χ1v) is 10.2. The highest BCUT2D eigenvalue weighted by atomic mass is 19.1. The Balaban J connectivity index is 1.33. The van der Waals surface area contributed by atoms with E-state index in [1.54, 1.807) is 19.2 Å². The van der Waals surface area contributed by atoms with E-state index in [2.05, 4.69) is 16.0 Å². The molecule has 2 aliphatic rings. The number of hydrogen-bond acceptors (Lipinski definition) is 3. The van der Waals surface area contributed by atoms with Crippen molar-refractivity contribution in [1.82, 2.24) is 9.47 Å². The third-order valence-electron chi connectivity index (χ3n) is 6.29. The van der Waals surface area contributed by atoms with Gasteiger partial charge in [-0.3, -0.25) is 4.79 Å². The third kappa shape index (κ3) is 3.12. The number of hydrogen-bond donors (Lipinski definition) is 1. The second-order valence-electron chi connectivity index (χ2n) is 8.04. The number of nitrogens with zero attached hydrogens (tertiary/aromatic N) is 2. The van der Waals surface area contributed by atoms with Gasteiger partial charge in [-0.2, -0.15) is 0 Å². The molecule has 154 valence electrons. The largest absolute Gasteiger partial charge is 0.497 e. The molecule has 0 radical (unpaired) electrons. The predicted octanol–water partition coefficient (Wildman–Crippen LogP) is 4.11. The number of aromatic nitrogens is 1. The molecule has 1 amide bonds. The summed E-state index contributed by atoms with van der Waals surface area (Å²) < 4.78 is 21.3. The van der Waals surface area contributed by atoms with Crippen molar-refractivity contribution in [3.05, 3.63) is 77.9 Å². The standard InChI is InChI=1S/C24H24FN3O2/c1-30-19-5-2-4-17(14-19)15-23(29)27-12-9-24(10-13-27)22-6-3-11-28(22)21-8-7-18(25)16-20(21)26-24/h2-8,11,14,16,26H,9-10,12-13,15H2,1H3. The molecule has 6 heteroatoms. The number of nitrogens with one attached hydrogen (secondary N) is 1. The summed E-state index contributed by atoms with van der Waals surface area (Å²) in [6.45, 7) is 1.32. The van der Waals surface area contributed by atoms with Gasteiger partial charge in [0.1, 0.15) is 11.6 Å². The van der Waals surface area contributed by atoms with Crippen LogP contribution < -0.4 is 10.1 Å². The lowest BCUT2D eigenvalue weighted by atomic mass is 9.82. The van der Waals surface area contributed by atoms with E-state index in [4.69, 9.17) is 4.74 Å². The Morgan fingerprint density at radius 3 is 2.77 bits per heavy atom. The Hall–Kier alpha value is -3.28. The number of halogens is 1. The number of likely N-dealkylation sites (tertiary alicyclic amines) is 1. The van der Waals surface area contributed by atoms with E-state index in [0.717, 1.165) is 35.5 Å². The molecule has 1 saturated heterocycles. The molecule has 30 heavy (non-hydrogen) atoms. The van der Waals surface area contributed by atoms with Crippen LogP contribution in [0.3, 0.4) is 0 Å². The average molecular weight is 405 g/mol. The van der Waals surface area contributed by atoms with E-state index in [1.165, 1.54) is 11.8 Å². The fourth-order valence-electron chi connectivity index (χ4n) is 4.71. The molecule has 3 aromatic rings. The van der Waals surface area contributed by atoms with Crippen LogP contribution in [0.5, 0.6) is 5.75 Å². The molecule has 0 atom stereocenters. The van der Waals surface area contributed by atoms with Crippen molar-refractivity contribution < 1.29 is 13.9 Å². The number of carbonyl (C=O) groups excluding carboxylic acids is 1. The Bertz CT molecular complexity index is 1100. The second-order valence-corrected chi connectivity index (χ2v) is 8.04. The normalized spacial score (nSPS) is 16.5. The zero-order chi connectivity index (χ0) is 20.7. The maximum absolute atomic E-state index is 13.9. The Labute approximate surface area is 175 Å². The van der Waals surface area contributed by atoms with Gasteiger partial charge in [0.05, 0.1) is 30.4 Å². The molecule has 2 aliphatic heterocycles. The van der Waals surface area contributed by atoms with E-state index in [9.17, 15) is 9.18 Å². The summed E-state index contributed by atoms with van der Waals surface area (Å²) in [5, 5.41) is 3.60. The molecule has 0 unspecified atom stereocenters. The monoisotopic (exact) mass is 405 g/mol. The zero-order valence-corrected chi connectivity index (χ0v) is 16.9. The lowest BCUT2D eigenvalue weighted by molar-refractivity contribution is -0.132. The van der Waals surface area contributed by atoms with Crippen molar-refractivity contribution in [2.45, 2.75) is 24.8 Å². The molecule has 3 heterocycles. The van der Waals surface area contributed by atoms with Crippen LogP contribution in [0.25, 0.3) is 5.69 Å². The van der Waals surface area contributed by atoms with Crippen molar-refractivity contribution in [2.24, 2.45) is 0 Å². The van der Waals surface area contributed by atoms with Gasteiger partial charge in [-0.05, 0) is 60.9 Å². The molecule has 5 nitrogen and oxygen atoms in total. The lowest BCUT2D eigenvalue weighted by Gasteiger charge is -2.46. The highest BCUT2D eigenvalue weighted by Gasteiger charge is 2.42. The minimum atomic E-state index is -0.295. The highest BCUT2D eigenvalue weighted by Crippen LogP contribution is 2.43. The zero-order valence-electron chi connectivity index (χ0n) is 16.9. The summed E-state index contributed by atoms with van der Waals surface area (Å²) in [6, 6.07) is 16.6. The minimum Gasteiger partial charge on any atom is -0.497 e. The number of ether oxygens (including phenoxy) is 1. The molecule has 1 N–H and O–H groups in total. The SMILES string of the molecule is COc1cccc(CC(=O)N2CCC3(CC2)Nc2cc(F)ccc2-n2cccc23)c1. The number of amides is 1. The van der Waals surface area contributed by atoms with Gasteiger partial charge in [0, 0.05) is 25.0 Å². The van der Waals surface area contributed by atoms with Gasteiger partial charge in [-0.25, -0.2) is 4.39 Å². The Morgan fingerprint density at radius 2 is 1.97 bits per heavy atom. The molecular weight excluding hydrogens is 381 g/mol. The molecule has 5 rings (SSSR count). The van der Waals surface area contributed by atoms with Crippen LogP contribution in [0.1, 0.15) is 24.1 Å². The fraction of sp³-hybridized carbons (Fsp3) is 0.292. The van der Waals surface area contributed by atoms with Crippen LogP contribution in [0.2, 0.25) is 0 Å². The summed E-state index contributed by atoms with van der Waals surface area (Å²) >= 11 is 0. The molecule has 0 aliphatic carbocycles. The van der Waals surface area contributed by atoms with Crippen molar-refractivity contribution in [2.75, 3.05) is 25.5 Å². The van der Waals surface area contributed by atoms with E-state index in [0.29, 0.717) is 19.5 Å². The van der Waals surface area contributed by atoms with Crippen LogP contribution >= 0.6 is 0 Å². The third-order valence-corrected chi connectivity index (χ3v) is 6.29. The van der Waals surface area contributed by atoms with Gasteiger partial charge in [-0.15, -0.1) is 0 Å². The molecular formula is C24H24FN3O2. The molecule has 0 bridgehead atoms.